The Kier molecular flexibility index (Phi) is 11.1. The van der Waals surface area contributed by atoms with Crippen LogP contribution in [0.4, 0.5) is 0 Å². The number of ether oxygens (including phenoxy) is 1. The number of aliphatic hydroxyl groups is 1. The zero-order chi connectivity index (χ0) is 29.9. The van der Waals surface area contributed by atoms with Gasteiger partial charge in [0, 0.05) is 5.56 Å². The van der Waals surface area contributed by atoms with Gasteiger partial charge in [0.05, 0.1) is 6.10 Å². The minimum absolute atomic E-state index is 0.0319. The van der Waals surface area contributed by atoms with Crippen molar-refractivity contribution in [3.05, 3.63) is 68.8 Å². The van der Waals surface area contributed by atoms with E-state index in [1.807, 2.05) is 13.8 Å². The average molecular weight is 535 g/mol. The van der Waals surface area contributed by atoms with E-state index in [4.69, 9.17) is 4.74 Å². The molecule has 216 valence electrons. The number of esters is 1. The fourth-order valence-corrected chi connectivity index (χ4v) is 5.19. The van der Waals surface area contributed by atoms with Crippen molar-refractivity contribution in [2.45, 2.75) is 139 Å². The van der Waals surface area contributed by atoms with Crippen LogP contribution in [0.2, 0.25) is 0 Å². The average Bonchev–Trinajstić information content (AvgIpc) is 2.81. The van der Waals surface area contributed by atoms with E-state index >= 15 is 0 Å². The maximum Gasteiger partial charge on any atom is 0.342 e. The summed E-state index contributed by atoms with van der Waals surface area (Å²) in [5.41, 5.74) is 8.65. The lowest BCUT2D eigenvalue weighted by atomic mass is 9.78. The summed E-state index contributed by atoms with van der Waals surface area (Å²) < 4.78 is 5.86. The molecule has 0 aromatic heterocycles. The third kappa shape index (κ3) is 7.35. The second-order valence-corrected chi connectivity index (χ2v) is 13.3. The Morgan fingerprint density at radius 3 is 1.10 bits per heavy atom. The van der Waals surface area contributed by atoms with Crippen LogP contribution >= 0.6 is 0 Å². The van der Waals surface area contributed by atoms with E-state index in [9.17, 15) is 9.90 Å². The molecule has 2 aromatic carbocycles. The Labute approximate surface area is 239 Å². The van der Waals surface area contributed by atoms with Crippen molar-refractivity contribution < 1.29 is 14.6 Å². The van der Waals surface area contributed by atoms with E-state index in [1.165, 1.54) is 11.1 Å². The third-order valence-electron chi connectivity index (χ3n) is 7.54. The van der Waals surface area contributed by atoms with Gasteiger partial charge in [-0.05, 0) is 88.3 Å². The van der Waals surface area contributed by atoms with Crippen LogP contribution in [0.1, 0.15) is 177 Å². The molecule has 0 atom stereocenters. The van der Waals surface area contributed by atoms with Crippen LogP contribution in [0.15, 0.2) is 24.3 Å². The molecule has 0 heterocycles. The molecule has 0 aliphatic rings. The Morgan fingerprint density at radius 1 is 0.538 bits per heavy atom. The van der Waals surface area contributed by atoms with Crippen LogP contribution in [0, 0.1) is 0 Å². The van der Waals surface area contributed by atoms with Gasteiger partial charge in [-0.3, -0.25) is 0 Å². The largest absolute Gasteiger partial charge is 0.506 e. The van der Waals surface area contributed by atoms with Crippen molar-refractivity contribution in [3.8, 4) is 0 Å². The summed E-state index contributed by atoms with van der Waals surface area (Å²) in [6, 6.07) is 8.88. The number of rotatable bonds is 10. The Bertz CT molecular complexity index is 1130. The summed E-state index contributed by atoms with van der Waals surface area (Å²) in [6.45, 7) is 29.8. The first-order valence-corrected chi connectivity index (χ1v) is 15.0. The van der Waals surface area contributed by atoms with Gasteiger partial charge in [0.1, 0.15) is 11.3 Å². The van der Waals surface area contributed by atoms with Crippen molar-refractivity contribution in [2.24, 2.45) is 0 Å². The van der Waals surface area contributed by atoms with E-state index in [1.54, 1.807) is 0 Å². The monoisotopic (exact) mass is 534 g/mol. The van der Waals surface area contributed by atoms with Crippen molar-refractivity contribution >= 4 is 17.3 Å². The summed E-state index contributed by atoms with van der Waals surface area (Å²) in [7, 11) is 0. The maximum atomic E-state index is 14.0. The lowest BCUT2D eigenvalue weighted by Gasteiger charge is -2.27. The first-order valence-electron chi connectivity index (χ1n) is 15.0. The number of hydrogen-bond acceptors (Lipinski definition) is 3. The quantitative estimate of drug-likeness (QED) is 0.143. The predicted octanol–water partition coefficient (Wildman–Crippen LogP) is 10.8. The lowest BCUT2D eigenvalue weighted by Crippen LogP contribution is -2.19. The molecule has 0 saturated carbocycles. The highest BCUT2D eigenvalue weighted by Gasteiger charge is 2.31. The molecule has 0 radical (unpaired) electrons. The van der Waals surface area contributed by atoms with Crippen LogP contribution in [-0.4, -0.2) is 17.2 Å². The highest BCUT2D eigenvalue weighted by atomic mass is 16.5. The number of carbonyl (C=O) groups excluding carboxylic acids is 1. The van der Waals surface area contributed by atoms with Crippen molar-refractivity contribution in [2.75, 3.05) is 0 Å². The van der Waals surface area contributed by atoms with Gasteiger partial charge in [-0.2, -0.15) is 0 Å². The molecule has 2 aromatic rings. The molecule has 0 aliphatic heterocycles. The Balaban J connectivity index is 3.24. The molecule has 0 aliphatic carbocycles. The van der Waals surface area contributed by atoms with Crippen molar-refractivity contribution in [3.63, 3.8) is 0 Å². The second kappa shape index (κ2) is 13.2. The van der Waals surface area contributed by atoms with Crippen LogP contribution < -0.4 is 0 Å². The van der Waals surface area contributed by atoms with Crippen LogP contribution in [0.5, 0.6) is 0 Å². The Morgan fingerprint density at radius 2 is 0.846 bits per heavy atom. The van der Waals surface area contributed by atoms with Crippen molar-refractivity contribution in [1.82, 2.24) is 0 Å². The maximum absolute atomic E-state index is 14.0. The molecular weight excluding hydrogens is 480 g/mol. The molecule has 3 heteroatoms. The standard InChI is InChI=1S/C36H54O3/c1-19(2)26-15-28(21(5)6)32(29(16-26)22(7)8)34(36(38)39-25(13)14)35(37)33-30(23(9)10)17-27(20(3)4)18-31(33)24(11)12/h15-25,37H,1-14H3/b35-34+. The summed E-state index contributed by atoms with van der Waals surface area (Å²) in [5, 5.41) is 12.4. The smallest absolute Gasteiger partial charge is 0.342 e. The number of carbonyl (C=O) groups is 1. The zero-order valence-electron chi connectivity index (χ0n) is 27.1. The summed E-state index contributed by atoms with van der Waals surface area (Å²) in [6.07, 6.45) is -0.308. The first-order chi connectivity index (χ1) is 18.0. The first kappa shape index (κ1) is 32.7. The topological polar surface area (TPSA) is 46.5 Å². The molecule has 0 unspecified atom stereocenters. The van der Waals surface area contributed by atoms with Crippen LogP contribution in [0.25, 0.3) is 11.3 Å². The second-order valence-electron chi connectivity index (χ2n) is 13.3. The number of hydrogen-bond donors (Lipinski definition) is 1. The van der Waals surface area contributed by atoms with E-state index in [0.717, 1.165) is 33.4 Å². The normalized spacial score (nSPS) is 13.1. The van der Waals surface area contributed by atoms with Gasteiger partial charge in [0.25, 0.3) is 0 Å². The SMILES string of the molecule is CC(C)OC(=O)/C(=C(/O)c1c(C(C)C)cc(C(C)C)cc1C(C)C)c1c(C(C)C)cc(C(C)C)cc1C(C)C. The molecule has 1 N–H and O–H groups in total. The minimum Gasteiger partial charge on any atom is -0.506 e. The highest BCUT2D eigenvalue weighted by molar-refractivity contribution is 6.24. The fraction of sp³-hybridized carbons (Fsp3) is 0.583. The fourth-order valence-electron chi connectivity index (χ4n) is 5.19. The Hall–Kier alpha value is -2.55. The number of benzene rings is 2. The molecule has 39 heavy (non-hydrogen) atoms. The molecule has 0 saturated heterocycles. The van der Waals surface area contributed by atoms with Gasteiger partial charge in [-0.1, -0.05) is 107 Å². The van der Waals surface area contributed by atoms with Crippen LogP contribution in [0.3, 0.4) is 0 Å². The van der Waals surface area contributed by atoms with E-state index in [2.05, 4.69) is 107 Å². The van der Waals surface area contributed by atoms with Gasteiger partial charge in [-0.15, -0.1) is 0 Å². The van der Waals surface area contributed by atoms with Gasteiger partial charge in [-0.25, -0.2) is 4.79 Å². The molecule has 3 nitrogen and oxygen atoms in total. The van der Waals surface area contributed by atoms with Gasteiger partial charge in [0.15, 0.2) is 0 Å². The summed E-state index contributed by atoms with van der Waals surface area (Å²) in [4.78, 5) is 14.0. The van der Waals surface area contributed by atoms with Crippen molar-refractivity contribution in [1.29, 1.82) is 0 Å². The van der Waals surface area contributed by atoms with Gasteiger partial charge < -0.3 is 9.84 Å². The molecule has 0 bridgehead atoms. The molecule has 2 rings (SSSR count). The van der Waals surface area contributed by atoms with E-state index in [-0.39, 0.29) is 41.1 Å². The van der Waals surface area contributed by atoms with Crippen LogP contribution in [-0.2, 0) is 9.53 Å². The molecule has 0 amide bonds. The lowest BCUT2D eigenvalue weighted by molar-refractivity contribution is -0.140. The molecular formula is C36H54O3. The van der Waals surface area contributed by atoms with Gasteiger partial charge >= 0.3 is 5.97 Å². The number of aliphatic hydroxyl groups excluding tert-OH is 1. The van der Waals surface area contributed by atoms with Gasteiger partial charge in [0.2, 0.25) is 0 Å². The summed E-state index contributed by atoms with van der Waals surface area (Å²) in [5.74, 6) is 0.906. The molecule has 0 fully saturated rings. The molecule has 0 spiro atoms. The zero-order valence-corrected chi connectivity index (χ0v) is 27.1. The summed E-state index contributed by atoms with van der Waals surface area (Å²) >= 11 is 0. The third-order valence-corrected chi connectivity index (χ3v) is 7.54. The minimum atomic E-state index is -0.471. The predicted molar refractivity (Wildman–Crippen MR) is 168 cm³/mol. The van der Waals surface area contributed by atoms with E-state index < -0.39 is 5.97 Å². The highest BCUT2D eigenvalue weighted by Crippen LogP contribution is 2.43. The van der Waals surface area contributed by atoms with E-state index in [0.29, 0.717) is 11.8 Å².